The maximum atomic E-state index is 11.4. The Bertz CT molecular complexity index is 211. The van der Waals surface area contributed by atoms with Gasteiger partial charge in [-0.25, -0.2) is 0 Å². The molecule has 0 aliphatic carbocycles. The topological polar surface area (TPSA) is 43.1 Å². The van der Waals surface area contributed by atoms with E-state index in [9.17, 15) is 4.79 Å². The summed E-state index contributed by atoms with van der Waals surface area (Å²) in [6.45, 7) is 6.43. The van der Waals surface area contributed by atoms with Crippen LogP contribution in [0.25, 0.3) is 0 Å². The molecule has 2 N–H and O–H groups in total. The summed E-state index contributed by atoms with van der Waals surface area (Å²) in [6.07, 6.45) is 7.28. The molecule has 0 atom stereocenters. The van der Waals surface area contributed by atoms with Gasteiger partial charge in [-0.3, -0.25) is 4.79 Å². The summed E-state index contributed by atoms with van der Waals surface area (Å²) in [6, 6.07) is 0. The fourth-order valence-electron chi connectivity index (χ4n) is 1.86. The highest BCUT2D eigenvalue weighted by Gasteiger charge is 2.10. The van der Waals surface area contributed by atoms with E-state index in [0.717, 1.165) is 50.5 Å². The van der Waals surface area contributed by atoms with Crippen LogP contribution in [0.2, 0.25) is 0 Å². The number of rotatable bonds is 8. The maximum absolute atomic E-state index is 11.4. The summed E-state index contributed by atoms with van der Waals surface area (Å²) < 4.78 is 0. The van der Waals surface area contributed by atoms with Crippen molar-refractivity contribution in [3.63, 3.8) is 0 Å². The largest absolute Gasteiger partial charge is 0.366 e. The smallest absolute Gasteiger partial charge is 0.244 e. The third-order valence-electron chi connectivity index (χ3n) is 2.61. The van der Waals surface area contributed by atoms with E-state index in [2.05, 4.69) is 20.8 Å². The number of carbonyl (C=O) groups is 1. The molecule has 2 nitrogen and oxygen atoms in total. The number of hydrogen-bond donors (Lipinski definition) is 1. The van der Waals surface area contributed by atoms with Crippen molar-refractivity contribution in [2.45, 2.75) is 65.7 Å². The molecule has 0 saturated heterocycles. The summed E-state index contributed by atoms with van der Waals surface area (Å²) in [5.74, 6) is -0.208. The second-order valence-corrected chi connectivity index (χ2v) is 4.05. The van der Waals surface area contributed by atoms with Gasteiger partial charge in [0.2, 0.25) is 5.91 Å². The van der Waals surface area contributed by atoms with Crippen LogP contribution in [-0.2, 0) is 4.79 Å². The molecule has 0 aliphatic heterocycles. The zero-order valence-corrected chi connectivity index (χ0v) is 10.4. The first-order valence-corrected chi connectivity index (χ1v) is 6.17. The first kappa shape index (κ1) is 14.2. The Morgan fingerprint density at radius 1 is 0.933 bits per heavy atom. The zero-order chi connectivity index (χ0) is 11.7. The Hall–Kier alpha value is -0.790. The van der Waals surface area contributed by atoms with Gasteiger partial charge < -0.3 is 5.73 Å². The molecule has 0 aromatic heterocycles. The van der Waals surface area contributed by atoms with Gasteiger partial charge in [-0.1, -0.05) is 45.6 Å². The Labute approximate surface area is 93.9 Å². The molecule has 15 heavy (non-hydrogen) atoms. The quantitative estimate of drug-likeness (QED) is 0.613. The van der Waals surface area contributed by atoms with Crippen LogP contribution >= 0.6 is 0 Å². The first-order chi connectivity index (χ1) is 7.17. The molecule has 0 rings (SSSR count). The molecule has 0 saturated carbocycles. The predicted octanol–water partition coefficient (Wildman–Crippen LogP) is 3.56. The van der Waals surface area contributed by atoms with Crippen molar-refractivity contribution >= 4 is 5.91 Å². The SMILES string of the molecule is CCCCC(C(N)=O)=C(CCC)CCC. The van der Waals surface area contributed by atoms with Crippen LogP contribution in [0, 0.1) is 0 Å². The molecule has 0 heterocycles. The number of nitrogens with two attached hydrogens (primary N) is 1. The fraction of sp³-hybridized carbons (Fsp3) is 0.769. The van der Waals surface area contributed by atoms with E-state index in [1.807, 2.05) is 0 Å². The van der Waals surface area contributed by atoms with Gasteiger partial charge in [0.05, 0.1) is 0 Å². The number of primary amides is 1. The van der Waals surface area contributed by atoms with Crippen LogP contribution in [0.1, 0.15) is 65.7 Å². The van der Waals surface area contributed by atoms with Gasteiger partial charge in [-0.2, -0.15) is 0 Å². The molecule has 0 aromatic rings. The Morgan fingerprint density at radius 3 is 1.80 bits per heavy atom. The van der Waals surface area contributed by atoms with Gasteiger partial charge in [0, 0.05) is 5.57 Å². The van der Waals surface area contributed by atoms with Crippen LogP contribution in [0.4, 0.5) is 0 Å². The third kappa shape index (κ3) is 5.60. The van der Waals surface area contributed by atoms with Gasteiger partial charge in [-0.05, 0) is 25.7 Å². The molecule has 0 unspecified atom stereocenters. The average molecular weight is 211 g/mol. The van der Waals surface area contributed by atoms with Crippen LogP contribution in [0.3, 0.4) is 0 Å². The highest BCUT2D eigenvalue weighted by atomic mass is 16.1. The number of amides is 1. The number of carbonyl (C=O) groups excluding carboxylic acids is 1. The summed E-state index contributed by atoms with van der Waals surface area (Å²) >= 11 is 0. The Balaban J connectivity index is 4.70. The van der Waals surface area contributed by atoms with E-state index in [4.69, 9.17) is 5.73 Å². The lowest BCUT2D eigenvalue weighted by Gasteiger charge is -2.11. The molecule has 0 fully saturated rings. The van der Waals surface area contributed by atoms with E-state index < -0.39 is 0 Å². The summed E-state index contributed by atoms with van der Waals surface area (Å²) in [5, 5.41) is 0. The minimum Gasteiger partial charge on any atom is -0.366 e. The standard InChI is InChI=1S/C13H25NO/c1-4-7-10-12(13(14)15)11(8-5-2)9-6-3/h4-10H2,1-3H3,(H2,14,15). The monoisotopic (exact) mass is 211 g/mol. The van der Waals surface area contributed by atoms with Crippen LogP contribution in [0.15, 0.2) is 11.1 Å². The average Bonchev–Trinajstić information content (AvgIpc) is 2.18. The predicted molar refractivity (Wildman–Crippen MR) is 65.6 cm³/mol. The summed E-state index contributed by atoms with van der Waals surface area (Å²) in [4.78, 5) is 11.4. The molecule has 1 amide bonds. The number of hydrogen-bond acceptors (Lipinski definition) is 1. The summed E-state index contributed by atoms with van der Waals surface area (Å²) in [5.41, 5.74) is 7.64. The van der Waals surface area contributed by atoms with E-state index in [0.29, 0.717) is 0 Å². The number of unbranched alkanes of at least 4 members (excludes halogenated alkanes) is 1. The van der Waals surface area contributed by atoms with Gasteiger partial charge in [0.1, 0.15) is 0 Å². The van der Waals surface area contributed by atoms with Gasteiger partial charge in [0.15, 0.2) is 0 Å². The Kier molecular flexibility index (Phi) is 8.06. The van der Waals surface area contributed by atoms with Crippen molar-refractivity contribution < 1.29 is 4.79 Å². The van der Waals surface area contributed by atoms with Crippen LogP contribution in [-0.4, -0.2) is 5.91 Å². The van der Waals surface area contributed by atoms with Crippen molar-refractivity contribution in [1.29, 1.82) is 0 Å². The zero-order valence-electron chi connectivity index (χ0n) is 10.4. The second-order valence-electron chi connectivity index (χ2n) is 4.05. The lowest BCUT2D eigenvalue weighted by Crippen LogP contribution is -2.16. The molecule has 0 aliphatic rings. The van der Waals surface area contributed by atoms with E-state index in [1.54, 1.807) is 0 Å². The first-order valence-electron chi connectivity index (χ1n) is 6.17. The highest BCUT2D eigenvalue weighted by molar-refractivity contribution is 5.92. The minimum absolute atomic E-state index is 0.208. The summed E-state index contributed by atoms with van der Waals surface area (Å²) in [7, 11) is 0. The lowest BCUT2D eigenvalue weighted by atomic mass is 9.95. The molecule has 0 bridgehead atoms. The fourth-order valence-corrected chi connectivity index (χ4v) is 1.86. The molecule has 88 valence electrons. The Morgan fingerprint density at radius 2 is 1.47 bits per heavy atom. The van der Waals surface area contributed by atoms with Crippen molar-refractivity contribution in [3.8, 4) is 0 Å². The van der Waals surface area contributed by atoms with Crippen LogP contribution in [0.5, 0.6) is 0 Å². The van der Waals surface area contributed by atoms with Gasteiger partial charge in [0.25, 0.3) is 0 Å². The molecular weight excluding hydrogens is 186 g/mol. The van der Waals surface area contributed by atoms with Crippen molar-refractivity contribution in [1.82, 2.24) is 0 Å². The lowest BCUT2D eigenvalue weighted by molar-refractivity contribution is -0.114. The molecule has 0 radical (unpaired) electrons. The van der Waals surface area contributed by atoms with Crippen molar-refractivity contribution in [2.75, 3.05) is 0 Å². The van der Waals surface area contributed by atoms with E-state index in [1.165, 1.54) is 5.57 Å². The molecular formula is C13H25NO. The van der Waals surface area contributed by atoms with Gasteiger partial charge in [-0.15, -0.1) is 0 Å². The minimum atomic E-state index is -0.208. The van der Waals surface area contributed by atoms with Crippen molar-refractivity contribution in [3.05, 3.63) is 11.1 Å². The highest BCUT2D eigenvalue weighted by Crippen LogP contribution is 2.21. The number of allylic oxidation sites excluding steroid dienone is 1. The van der Waals surface area contributed by atoms with E-state index >= 15 is 0 Å². The van der Waals surface area contributed by atoms with Gasteiger partial charge >= 0.3 is 0 Å². The van der Waals surface area contributed by atoms with E-state index in [-0.39, 0.29) is 5.91 Å². The van der Waals surface area contributed by atoms with Crippen molar-refractivity contribution in [2.24, 2.45) is 5.73 Å². The second kappa shape index (κ2) is 8.51. The molecule has 0 spiro atoms. The van der Waals surface area contributed by atoms with Crippen LogP contribution < -0.4 is 5.73 Å². The maximum Gasteiger partial charge on any atom is 0.244 e. The third-order valence-corrected chi connectivity index (χ3v) is 2.61. The molecule has 2 heteroatoms. The molecule has 0 aromatic carbocycles. The normalized spacial score (nSPS) is 10.1.